The fraction of sp³-hybridized carbons (Fsp3) is 0.800. The van der Waals surface area contributed by atoms with E-state index >= 15 is 0 Å². The molecule has 0 radical (unpaired) electrons. The van der Waals surface area contributed by atoms with Crippen molar-refractivity contribution >= 4 is 21.8 Å². The van der Waals surface area contributed by atoms with Crippen molar-refractivity contribution in [3.05, 3.63) is 0 Å². The number of urea groups is 1. The molecule has 0 bridgehead atoms. The minimum absolute atomic E-state index is 0.0321. The average molecular weight is 294 g/mol. The largest absolute Gasteiger partial charge is 0.479 e. The quantitative estimate of drug-likeness (QED) is 0.498. The monoisotopic (exact) mass is 294 g/mol. The SMILES string of the molecule is O=C(NCCC(O)C(=O)O)NC1CCS(=O)(=O)CC1. The summed E-state index contributed by atoms with van der Waals surface area (Å²) in [7, 11) is -2.96. The van der Waals surface area contributed by atoms with Crippen LogP contribution in [0.4, 0.5) is 4.79 Å². The molecule has 19 heavy (non-hydrogen) atoms. The van der Waals surface area contributed by atoms with Gasteiger partial charge in [0, 0.05) is 19.0 Å². The lowest BCUT2D eigenvalue weighted by molar-refractivity contribution is -0.146. The number of aliphatic hydroxyl groups is 1. The molecule has 0 aliphatic carbocycles. The van der Waals surface area contributed by atoms with Crippen LogP contribution in [-0.4, -0.2) is 60.8 Å². The summed E-state index contributed by atoms with van der Waals surface area (Å²) >= 11 is 0. The predicted molar refractivity (Wildman–Crippen MR) is 66.5 cm³/mol. The zero-order chi connectivity index (χ0) is 14.5. The number of carboxylic acids is 1. The van der Waals surface area contributed by atoms with E-state index in [1.165, 1.54) is 0 Å². The normalized spacial score (nSPS) is 20.5. The molecule has 8 nitrogen and oxygen atoms in total. The van der Waals surface area contributed by atoms with Crippen LogP contribution in [0.15, 0.2) is 0 Å². The van der Waals surface area contributed by atoms with Crippen molar-refractivity contribution in [2.75, 3.05) is 18.1 Å². The molecule has 110 valence electrons. The van der Waals surface area contributed by atoms with E-state index in [4.69, 9.17) is 10.2 Å². The average Bonchev–Trinajstić information content (AvgIpc) is 2.31. The van der Waals surface area contributed by atoms with E-state index in [1.54, 1.807) is 0 Å². The maximum absolute atomic E-state index is 11.4. The summed E-state index contributed by atoms with van der Waals surface area (Å²) in [6.45, 7) is 0.0321. The molecule has 0 saturated carbocycles. The van der Waals surface area contributed by atoms with E-state index in [0.717, 1.165) is 0 Å². The molecule has 9 heteroatoms. The first kappa shape index (κ1) is 15.7. The van der Waals surface area contributed by atoms with Gasteiger partial charge in [-0.05, 0) is 12.8 Å². The summed E-state index contributed by atoms with van der Waals surface area (Å²) in [4.78, 5) is 21.7. The third-order valence-corrected chi connectivity index (χ3v) is 4.59. The van der Waals surface area contributed by atoms with Gasteiger partial charge in [0.25, 0.3) is 0 Å². The van der Waals surface area contributed by atoms with Crippen molar-refractivity contribution in [3.8, 4) is 0 Å². The number of aliphatic hydroxyl groups excluding tert-OH is 1. The Kier molecular flexibility index (Phi) is 5.55. The van der Waals surface area contributed by atoms with E-state index in [9.17, 15) is 18.0 Å². The second kappa shape index (κ2) is 6.71. The molecule has 1 aliphatic heterocycles. The Morgan fingerprint density at radius 1 is 1.26 bits per heavy atom. The number of hydrogen-bond acceptors (Lipinski definition) is 5. The highest BCUT2D eigenvalue weighted by Crippen LogP contribution is 2.11. The number of aliphatic carboxylic acids is 1. The highest BCUT2D eigenvalue weighted by Gasteiger charge is 2.24. The van der Waals surface area contributed by atoms with Crippen molar-refractivity contribution in [1.82, 2.24) is 10.6 Å². The Hall–Kier alpha value is -1.35. The van der Waals surface area contributed by atoms with Gasteiger partial charge in [-0.3, -0.25) is 0 Å². The number of sulfone groups is 1. The van der Waals surface area contributed by atoms with Crippen LogP contribution in [-0.2, 0) is 14.6 Å². The van der Waals surface area contributed by atoms with Crippen molar-refractivity contribution in [2.45, 2.75) is 31.4 Å². The number of amides is 2. The summed E-state index contributed by atoms with van der Waals surface area (Å²) in [5, 5.41) is 22.4. The molecule has 0 aromatic heterocycles. The Balaban J connectivity index is 2.20. The lowest BCUT2D eigenvalue weighted by Gasteiger charge is -2.23. The molecular formula is C10H18N2O6S. The van der Waals surface area contributed by atoms with Crippen molar-refractivity contribution in [2.24, 2.45) is 0 Å². The second-order valence-corrected chi connectivity index (χ2v) is 6.77. The van der Waals surface area contributed by atoms with Gasteiger partial charge >= 0.3 is 12.0 Å². The van der Waals surface area contributed by atoms with Crippen molar-refractivity contribution in [3.63, 3.8) is 0 Å². The van der Waals surface area contributed by atoms with Gasteiger partial charge in [-0.15, -0.1) is 0 Å². The summed E-state index contributed by atoms with van der Waals surface area (Å²) in [6, 6.07) is -0.671. The van der Waals surface area contributed by atoms with Gasteiger partial charge in [0.2, 0.25) is 0 Å². The van der Waals surface area contributed by atoms with Crippen LogP contribution in [0.2, 0.25) is 0 Å². The summed E-state index contributed by atoms with van der Waals surface area (Å²) in [5.74, 6) is -1.20. The van der Waals surface area contributed by atoms with Gasteiger partial charge < -0.3 is 20.8 Å². The molecule has 1 rings (SSSR count). The Morgan fingerprint density at radius 3 is 2.37 bits per heavy atom. The number of nitrogens with one attached hydrogen (secondary N) is 2. The number of carboxylic acid groups (broad SMARTS) is 1. The molecule has 1 saturated heterocycles. The maximum Gasteiger partial charge on any atom is 0.332 e. The second-order valence-electron chi connectivity index (χ2n) is 4.47. The zero-order valence-corrected chi connectivity index (χ0v) is 11.1. The van der Waals surface area contributed by atoms with Crippen LogP contribution < -0.4 is 10.6 Å². The van der Waals surface area contributed by atoms with Crippen LogP contribution >= 0.6 is 0 Å². The zero-order valence-electron chi connectivity index (χ0n) is 10.3. The Morgan fingerprint density at radius 2 is 1.84 bits per heavy atom. The van der Waals surface area contributed by atoms with Gasteiger partial charge in [0.1, 0.15) is 9.84 Å². The molecule has 0 aromatic carbocycles. The minimum Gasteiger partial charge on any atom is -0.479 e. The summed E-state index contributed by atoms with van der Waals surface area (Å²) in [5.41, 5.74) is 0. The van der Waals surface area contributed by atoms with Crippen LogP contribution in [0.5, 0.6) is 0 Å². The van der Waals surface area contributed by atoms with E-state index in [-0.39, 0.29) is 30.5 Å². The molecule has 0 spiro atoms. The van der Waals surface area contributed by atoms with Crippen molar-refractivity contribution < 1.29 is 28.2 Å². The fourth-order valence-electron chi connectivity index (χ4n) is 1.72. The van der Waals surface area contributed by atoms with E-state index in [2.05, 4.69) is 10.6 Å². The highest BCUT2D eigenvalue weighted by molar-refractivity contribution is 7.91. The molecule has 4 N–H and O–H groups in total. The molecule has 1 aliphatic rings. The molecular weight excluding hydrogens is 276 g/mol. The highest BCUT2D eigenvalue weighted by atomic mass is 32.2. The van der Waals surface area contributed by atoms with E-state index in [1.807, 2.05) is 0 Å². The first-order valence-electron chi connectivity index (χ1n) is 5.96. The van der Waals surface area contributed by atoms with E-state index in [0.29, 0.717) is 12.8 Å². The van der Waals surface area contributed by atoms with Gasteiger partial charge in [0.05, 0.1) is 11.5 Å². The number of hydrogen-bond donors (Lipinski definition) is 4. The molecule has 1 atom stereocenters. The number of rotatable bonds is 5. The lowest BCUT2D eigenvalue weighted by atomic mass is 10.2. The molecule has 0 aromatic rings. The number of carbonyl (C=O) groups is 2. The van der Waals surface area contributed by atoms with Crippen LogP contribution in [0.3, 0.4) is 0 Å². The van der Waals surface area contributed by atoms with Crippen LogP contribution in [0, 0.1) is 0 Å². The summed E-state index contributed by atoms with van der Waals surface area (Å²) < 4.78 is 22.4. The fourth-order valence-corrected chi connectivity index (χ4v) is 3.21. The van der Waals surface area contributed by atoms with Gasteiger partial charge in [-0.25, -0.2) is 18.0 Å². The first-order chi connectivity index (χ1) is 8.80. The molecule has 1 fully saturated rings. The minimum atomic E-state index is -2.96. The number of carbonyl (C=O) groups excluding carboxylic acids is 1. The Labute approximate surface area is 111 Å². The summed E-state index contributed by atoms with van der Waals surface area (Å²) in [6.07, 6.45) is -0.817. The topological polar surface area (TPSA) is 133 Å². The third-order valence-electron chi connectivity index (χ3n) is 2.88. The van der Waals surface area contributed by atoms with E-state index < -0.39 is 27.9 Å². The van der Waals surface area contributed by atoms with Crippen LogP contribution in [0.25, 0.3) is 0 Å². The smallest absolute Gasteiger partial charge is 0.332 e. The lowest BCUT2D eigenvalue weighted by Crippen LogP contribution is -2.46. The molecule has 1 heterocycles. The third kappa shape index (κ3) is 5.88. The standard InChI is InChI=1S/C10H18N2O6S/c13-8(9(14)15)1-4-11-10(16)12-7-2-5-19(17,18)6-3-7/h7-8,13H,1-6H2,(H,14,15)(H2,11,12,16). The molecule has 1 unspecified atom stereocenters. The van der Waals surface area contributed by atoms with Gasteiger partial charge in [-0.1, -0.05) is 0 Å². The van der Waals surface area contributed by atoms with Crippen molar-refractivity contribution in [1.29, 1.82) is 0 Å². The molecule has 2 amide bonds. The Bertz CT molecular complexity index is 421. The maximum atomic E-state index is 11.4. The first-order valence-corrected chi connectivity index (χ1v) is 7.78. The van der Waals surface area contributed by atoms with Crippen LogP contribution in [0.1, 0.15) is 19.3 Å². The van der Waals surface area contributed by atoms with Gasteiger partial charge in [-0.2, -0.15) is 0 Å². The van der Waals surface area contributed by atoms with Gasteiger partial charge in [0.15, 0.2) is 6.10 Å². The predicted octanol–water partition coefficient (Wildman–Crippen LogP) is -1.30.